The van der Waals surface area contributed by atoms with E-state index in [1.165, 1.54) is 17.3 Å². The van der Waals surface area contributed by atoms with Crippen LogP contribution in [0.4, 0.5) is 5.69 Å². The van der Waals surface area contributed by atoms with Gasteiger partial charge in [0.2, 0.25) is 5.91 Å². The number of hydrogen-bond acceptors (Lipinski definition) is 4. The second kappa shape index (κ2) is 7.87. The number of thioether (sulfide) groups is 1. The first-order valence-corrected chi connectivity index (χ1v) is 9.70. The maximum Gasteiger partial charge on any atom is 0.234 e. The molecule has 3 rings (SSSR count). The summed E-state index contributed by atoms with van der Waals surface area (Å²) in [5.74, 6) is 1.33. The third-order valence-electron chi connectivity index (χ3n) is 4.32. The number of para-hydroxylation sites is 1. The molecule has 5 heteroatoms. The molecule has 1 heterocycles. The van der Waals surface area contributed by atoms with E-state index < -0.39 is 0 Å². The molecule has 4 nitrogen and oxygen atoms in total. The predicted molar refractivity (Wildman–Crippen MR) is 109 cm³/mol. The van der Waals surface area contributed by atoms with Crippen LogP contribution in [0.1, 0.15) is 36.7 Å². The number of carbonyl (C=O) groups excluding carboxylic acids is 1. The Morgan fingerprint density at radius 1 is 1.08 bits per heavy atom. The van der Waals surface area contributed by atoms with Gasteiger partial charge in [-0.1, -0.05) is 55.9 Å². The van der Waals surface area contributed by atoms with Crippen LogP contribution in [0.15, 0.2) is 47.5 Å². The summed E-state index contributed by atoms with van der Waals surface area (Å²) in [5.41, 5.74) is 4.05. The van der Waals surface area contributed by atoms with Crippen LogP contribution in [-0.2, 0) is 4.79 Å². The number of benzene rings is 2. The third kappa shape index (κ3) is 4.05. The smallest absolute Gasteiger partial charge is 0.234 e. The van der Waals surface area contributed by atoms with E-state index in [2.05, 4.69) is 29.1 Å². The number of rotatable bonds is 5. The van der Waals surface area contributed by atoms with E-state index in [4.69, 9.17) is 0 Å². The summed E-state index contributed by atoms with van der Waals surface area (Å²) in [7, 11) is 0. The molecule has 0 bridgehead atoms. The van der Waals surface area contributed by atoms with Crippen molar-refractivity contribution in [2.75, 3.05) is 11.1 Å². The zero-order chi connectivity index (χ0) is 18.7. The minimum atomic E-state index is -0.0301. The highest BCUT2D eigenvalue weighted by molar-refractivity contribution is 8.00. The van der Waals surface area contributed by atoms with Crippen LogP contribution in [-0.4, -0.2) is 21.6 Å². The summed E-state index contributed by atoms with van der Waals surface area (Å²) in [6, 6.07) is 13.9. The van der Waals surface area contributed by atoms with Gasteiger partial charge in [-0.2, -0.15) is 0 Å². The topological polar surface area (TPSA) is 54.9 Å². The Kier molecular flexibility index (Phi) is 5.57. The number of nitrogens with one attached hydrogen (secondary N) is 1. The molecular weight excluding hydrogens is 342 g/mol. The summed E-state index contributed by atoms with van der Waals surface area (Å²) >= 11 is 1.46. The molecule has 1 aromatic heterocycles. The van der Waals surface area contributed by atoms with Gasteiger partial charge in [-0.3, -0.25) is 4.79 Å². The highest BCUT2D eigenvalue weighted by atomic mass is 32.2. The summed E-state index contributed by atoms with van der Waals surface area (Å²) in [6.45, 7) is 8.21. The number of amides is 1. The lowest BCUT2D eigenvalue weighted by Crippen LogP contribution is -2.15. The van der Waals surface area contributed by atoms with E-state index in [1.807, 2.05) is 56.3 Å². The molecule has 0 spiro atoms. The van der Waals surface area contributed by atoms with Crippen molar-refractivity contribution < 1.29 is 4.79 Å². The van der Waals surface area contributed by atoms with Gasteiger partial charge in [0.25, 0.3) is 0 Å². The second-order valence-electron chi connectivity index (χ2n) is 6.64. The van der Waals surface area contributed by atoms with Crippen LogP contribution in [0.3, 0.4) is 0 Å². The average molecular weight is 366 g/mol. The Labute approximate surface area is 158 Å². The summed E-state index contributed by atoms with van der Waals surface area (Å²) < 4.78 is 0. The molecule has 0 aliphatic rings. The Morgan fingerprint density at radius 2 is 1.85 bits per heavy atom. The van der Waals surface area contributed by atoms with Crippen molar-refractivity contribution in [2.24, 2.45) is 0 Å². The van der Waals surface area contributed by atoms with Gasteiger partial charge < -0.3 is 5.32 Å². The molecule has 0 unspecified atom stereocenters. The van der Waals surface area contributed by atoms with Crippen molar-refractivity contribution in [1.29, 1.82) is 0 Å². The monoisotopic (exact) mass is 365 g/mol. The van der Waals surface area contributed by atoms with Crippen molar-refractivity contribution in [3.8, 4) is 0 Å². The Bertz CT molecular complexity index is 953. The number of aryl methyl sites for hydroxylation is 1. The van der Waals surface area contributed by atoms with Crippen LogP contribution < -0.4 is 5.32 Å². The quantitative estimate of drug-likeness (QED) is 0.505. The molecule has 0 aliphatic heterocycles. The van der Waals surface area contributed by atoms with E-state index in [1.54, 1.807) is 0 Å². The molecule has 0 saturated heterocycles. The molecule has 0 aliphatic carbocycles. The average Bonchev–Trinajstić information content (AvgIpc) is 2.63. The maximum atomic E-state index is 12.4. The summed E-state index contributed by atoms with van der Waals surface area (Å²) in [4.78, 5) is 21.7. The van der Waals surface area contributed by atoms with Gasteiger partial charge in [0.1, 0.15) is 10.9 Å². The molecule has 0 atom stereocenters. The first-order chi connectivity index (χ1) is 12.5. The minimum Gasteiger partial charge on any atom is -0.325 e. The van der Waals surface area contributed by atoms with Crippen LogP contribution in [0.2, 0.25) is 0 Å². The molecule has 2 aromatic carbocycles. The molecular formula is C21H23N3OS. The van der Waals surface area contributed by atoms with Gasteiger partial charge in [0.05, 0.1) is 11.3 Å². The predicted octanol–water partition coefficient (Wildman–Crippen LogP) is 5.10. The lowest BCUT2D eigenvalue weighted by Gasteiger charge is -2.12. The number of carbonyl (C=O) groups is 1. The molecule has 26 heavy (non-hydrogen) atoms. The number of nitrogens with zero attached hydrogens (tertiary/aromatic N) is 2. The van der Waals surface area contributed by atoms with Gasteiger partial charge in [-0.15, -0.1) is 0 Å². The third-order valence-corrected chi connectivity index (χ3v) is 5.31. The minimum absolute atomic E-state index is 0.0301. The lowest BCUT2D eigenvalue weighted by atomic mass is 10.1. The van der Waals surface area contributed by atoms with Gasteiger partial charge in [-0.05, 0) is 37.1 Å². The number of aromatic nitrogens is 2. The first kappa shape index (κ1) is 18.4. The molecule has 0 saturated carbocycles. The molecule has 0 fully saturated rings. The van der Waals surface area contributed by atoms with Crippen molar-refractivity contribution in [3.63, 3.8) is 0 Å². The first-order valence-electron chi connectivity index (χ1n) is 8.71. The fraction of sp³-hybridized carbons (Fsp3) is 0.286. The van der Waals surface area contributed by atoms with Gasteiger partial charge in [-0.25, -0.2) is 9.97 Å². The summed E-state index contributed by atoms with van der Waals surface area (Å²) in [5, 5.41) is 4.85. The molecule has 3 aromatic rings. The number of hydrogen-bond donors (Lipinski definition) is 1. The normalized spacial score (nSPS) is 11.1. The zero-order valence-corrected chi connectivity index (χ0v) is 16.4. The fourth-order valence-corrected chi connectivity index (χ4v) is 3.47. The standard InChI is InChI=1S/C21H23N3OS/c1-13(2)20-23-18-10-6-5-9-16(18)21(24-20)26-12-19(25)22-17-11-7-8-14(3)15(17)4/h5-11,13H,12H2,1-4H3,(H,22,25). The summed E-state index contributed by atoms with van der Waals surface area (Å²) in [6.07, 6.45) is 0. The van der Waals surface area contributed by atoms with Crippen LogP contribution in [0, 0.1) is 13.8 Å². The second-order valence-corrected chi connectivity index (χ2v) is 7.61. The lowest BCUT2D eigenvalue weighted by molar-refractivity contribution is -0.113. The van der Waals surface area contributed by atoms with Crippen LogP contribution in [0.5, 0.6) is 0 Å². The van der Waals surface area contributed by atoms with Crippen LogP contribution in [0.25, 0.3) is 10.9 Å². The number of fused-ring (bicyclic) bond motifs is 1. The molecule has 134 valence electrons. The largest absolute Gasteiger partial charge is 0.325 e. The van der Waals surface area contributed by atoms with E-state index in [0.717, 1.165) is 33.0 Å². The van der Waals surface area contributed by atoms with Crippen molar-refractivity contribution in [1.82, 2.24) is 9.97 Å². The molecule has 1 amide bonds. The van der Waals surface area contributed by atoms with Crippen molar-refractivity contribution in [3.05, 3.63) is 59.4 Å². The van der Waals surface area contributed by atoms with E-state index >= 15 is 0 Å². The maximum absolute atomic E-state index is 12.4. The Balaban J connectivity index is 1.78. The number of anilines is 1. The Hall–Kier alpha value is -2.40. The van der Waals surface area contributed by atoms with Crippen molar-refractivity contribution in [2.45, 2.75) is 38.6 Å². The fourth-order valence-electron chi connectivity index (χ4n) is 2.64. The van der Waals surface area contributed by atoms with E-state index in [-0.39, 0.29) is 11.8 Å². The highest BCUT2D eigenvalue weighted by Gasteiger charge is 2.13. The molecule has 0 radical (unpaired) electrons. The van der Waals surface area contributed by atoms with Crippen molar-refractivity contribution >= 4 is 34.3 Å². The zero-order valence-electron chi connectivity index (χ0n) is 15.5. The van der Waals surface area contributed by atoms with Gasteiger partial charge >= 0.3 is 0 Å². The van der Waals surface area contributed by atoms with E-state index in [0.29, 0.717) is 5.75 Å². The Morgan fingerprint density at radius 3 is 2.62 bits per heavy atom. The SMILES string of the molecule is Cc1cccc(NC(=O)CSc2nc(C(C)C)nc3ccccc23)c1C. The highest BCUT2D eigenvalue weighted by Crippen LogP contribution is 2.27. The van der Waals surface area contributed by atoms with E-state index in [9.17, 15) is 4.79 Å². The van der Waals surface area contributed by atoms with Crippen LogP contribution >= 0.6 is 11.8 Å². The van der Waals surface area contributed by atoms with Gasteiger partial charge in [0, 0.05) is 17.0 Å². The molecule has 1 N–H and O–H groups in total. The van der Waals surface area contributed by atoms with Gasteiger partial charge in [0.15, 0.2) is 0 Å².